The van der Waals surface area contributed by atoms with Gasteiger partial charge in [-0.1, -0.05) is 29.5 Å². The summed E-state index contributed by atoms with van der Waals surface area (Å²) < 4.78 is 30.5. The number of ether oxygens (including phenoxy) is 5. The minimum atomic E-state index is -0.263. The molecule has 3 aromatic carbocycles. The summed E-state index contributed by atoms with van der Waals surface area (Å²) in [5, 5.41) is 8.21. The summed E-state index contributed by atoms with van der Waals surface area (Å²) in [6, 6.07) is 19.8. The Morgan fingerprint density at radius 2 is 1.55 bits per heavy atom. The van der Waals surface area contributed by atoms with Gasteiger partial charge in [-0.25, -0.2) is 4.79 Å². The zero-order chi connectivity index (χ0) is 26.7. The number of hydrogen-bond donors (Lipinski definition) is 0. The van der Waals surface area contributed by atoms with Crippen LogP contribution in [0.1, 0.15) is 41.2 Å². The summed E-state index contributed by atoms with van der Waals surface area (Å²) in [7, 11) is 0. The van der Waals surface area contributed by atoms with Gasteiger partial charge in [0, 0.05) is 29.6 Å². The Labute approximate surface area is 230 Å². The van der Waals surface area contributed by atoms with E-state index in [0.29, 0.717) is 26.3 Å². The number of hydrogen-bond acceptors (Lipinski definition) is 8. The Kier molecular flexibility index (Phi) is 5.54. The molecule has 1 spiro atoms. The summed E-state index contributed by atoms with van der Waals surface area (Å²) >= 11 is 0. The number of amides is 1. The smallest absolute Gasteiger partial charge is 0.346 e. The fourth-order valence-corrected chi connectivity index (χ4v) is 6.39. The average molecular weight is 541 g/mol. The molecule has 4 aromatic rings. The first kappa shape index (κ1) is 23.9. The van der Waals surface area contributed by atoms with Gasteiger partial charge in [-0.05, 0) is 60.4 Å². The molecule has 1 saturated carbocycles. The first-order valence-corrected chi connectivity index (χ1v) is 13.6. The van der Waals surface area contributed by atoms with E-state index in [0.717, 1.165) is 57.6 Å². The first-order valence-electron chi connectivity index (χ1n) is 13.6. The van der Waals surface area contributed by atoms with Crippen molar-refractivity contribution >= 4 is 17.1 Å². The molecule has 204 valence electrons. The predicted octanol–water partition coefficient (Wildman–Crippen LogP) is 4.40. The molecule has 40 heavy (non-hydrogen) atoms. The van der Waals surface area contributed by atoms with Crippen molar-refractivity contribution in [3.05, 3.63) is 82.9 Å². The third-order valence-electron chi connectivity index (χ3n) is 8.39. The molecule has 0 bridgehead atoms. The molecule has 1 saturated heterocycles. The minimum Gasteiger partial charge on any atom is -0.467 e. The van der Waals surface area contributed by atoms with Gasteiger partial charge in [0.1, 0.15) is 23.1 Å². The van der Waals surface area contributed by atoms with Crippen molar-refractivity contribution in [2.24, 2.45) is 5.41 Å². The fourth-order valence-electron chi connectivity index (χ4n) is 6.39. The fraction of sp³-hybridized carbons (Fsp3) is 0.367. The van der Waals surface area contributed by atoms with Crippen molar-refractivity contribution in [3.63, 3.8) is 0 Å². The zero-order valence-electron chi connectivity index (χ0n) is 21.8. The second kappa shape index (κ2) is 9.29. The Bertz CT molecular complexity index is 1550. The van der Waals surface area contributed by atoms with Gasteiger partial charge >= 0.3 is 6.03 Å². The number of para-hydroxylation sites is 1. The van der Waals surface area contributed by atoms with Crippen LogP contribution in [-0.2, 0) is 27.4 Å². The normalized spacial score (nSPS) is 19.4. The Morgan fingerprint density at radius 3 is 2.23 bits per heavy atom. The van der Waals surface area contributed by atoms with E-state index in [1.165, 1.54) is 4.68 Å². The molecule has 3 aliphatic heterocycles. The maximum Gasteiger partial charge on any atom is 0.346 e. The quantitative estimate of drug-likeness (QED) is 0.376. The Morgan fingerprint density at radius 1 is 0.900 bits per heavy atom. The van der Waals surface area contributed by atoms with Gasteiger partial charge in [0.25, 0.3) is 0 Å². The topological polar surface area (TPSA) is 97.2 Å². The van der Waals surface area contributed by atoms with E-state index in [2.05, 4.69) is 34.6 Å². The van der Waals surface area contributed by atoms with Crippen molar-refractivity contribution in [3.8, 4) is 11.5 Å². The number of likely N-dealkylation sites (tertiary alicyclic amines) is 1. The highest BCUT2D eigenvalue weighted by Gasteiger charge is 2.55. The summed E-state index contributed by atoms with van der Waals surface area (Å²) in [4.78, 5) is 15.0. The number of carbonyl (C=O) groups excluding carboxylic acids is 1. The third kappa shape index (κ3) is 4.02. The average Bonchev–Trinajstić information content (AvgIpc) is 3.39. The van der Waals surface area contributed by atoms with Gasteiger partial charge in [-0.3, -0.25) is 0 Å². The number of benzene rings is 3. The van der Waals surface area contributed by atoms with Crippen LogP contribution in [0.4, 0.5) is 4.79 Å². The molecule has 1 amide bonds. The lowest BCUT2D eigenvalue weighted by Gasteiger charge is -2.58. The second-order valence-electron chi connectivity index (χ2n) is 11.1. The largest absolute Gasteiger partial charge is 0.467 e. The lowest BCUT2D eigenvalue weighted by molar-refractivity contribution is -0.152. The molecule has 10 nitrogen and oxygen atoms in total. The van der Waals surface area contributed by atoms with Gasteiger partial charge in [-0.15, -0.1) is 5.10 Å². The van der Waals surface area contributed by atoms with Crippen molar-refractivity contribution < 1.29 is 28.5 Å². The van der Waals surface area contributed by atoms with Gasteiger partial charge in [0.2, 0.25) is 0 Å². The van der Waals surface area contributed by atoms with Crippen LogP contribution in [0, 0.1) is 5.41 Å². The Balaban J connectivity index is 0.990. The van der Waals surface area contributed by atoms with E-state index >= 15 is 0 Å². The third-order valence-corrected chi connectivity index (χ3v) is 8.39. The standard InChI is InChI=1S/C30H28N4O6/c35-29(34-25-4-2-1-3-24(25)31-32-34)33-15-30(16-33)11-23(12-30)40-28(19-5-7-26-21(9-19)13-36-17-38-26)20-6-8-27-22(10-20)14-37-18-39-27/h1-10,23,28H,11-18H2. The summed E-state index contributed by atoms with van der Waals surface area (Å²) in [6.07, 6.45) is 1.63. The molecule has 0 N–H and O–H groups in total. The van der Waals surface area contributed by atoms with Crippen molar-refractivity contribution in [2.75, 3.05) is 26.7 Å². The van der Waals surface area contributed by atoms with Gasteiger partial charge in [0.05, 0.1) is 24.8 Å². The molecule has 1 aliphatic carbocycles. The van der Waals surface area contributed by atoms with Crippen LogP contribution in [-0.4, -0.2) is 58.7 Å². The highest BCUT2D eigenvalue weighted by Crippen LogP contribution is 2.51. The number of nitrogens with zero attached hydrogens (tertiary/aromatic N) is 4. The summed E-state index contributed by atoms with van der Waals surface area (Å²) in [6.45, 7) is 2.97. The molecule has 4 heterocycles. The Hall–Kier alpha value is -3.99. The lowest BCUT2D eigenvalue weighted by atomic mass is 9.62. The minimum absolute atomic E-state index is 0.0847. The lowest BCUT2D eigenvalue weighted by Crippen LogP contribution is -2.66. The number of aromatic nitrogens is 3. The van der Waals surface area contributed by atoms with Crippen LogP contribution in [0.15, 0.2) is 60.7 Å². The van der Waals surface area contributed by atoms with Gasteiger partial charge in [-0.2, -0.15) is 4.68 Å². The monoisotopic (exact) mass is 540 g/mol. The van der Waals surface area contributed by atoms with Crippen LogP contribution in [0.5, 0.6) is 11.5 Å². The molecular formula is C30H28N4O6. The van der Waals surface area contributed by atoms with Crippen LogP contribution < -0.4 is 9.47 Å². The van der Waals surface area contributed by atoms with Gasteiger partial charge in [0.15, 0.2) is 13.6 Å². The number of carbonyl (C=O) groups is 1. The SMILES string of the molecule is O=C(N1CC2(CC(OC(c3ccc4c(c3)COCO4)c3ccc4c(c3)COCO4)C2)C1)n1nnc2ccccc21. The van der Waals surface area contributed by atoms with Gasteiger partial charge < -0.3 is 28.6 Å². The van der Waals surface area contributed by atoms with E-state index in [-0.39, 0.29) is 37.2 Å². The van der Waals surface area contributed by atoms with Crippen molar-refractivity contribution in [1.29, 1.82) is 0 Å². The molecule has 0 atom stereocenters. The van der Waals surface area contributed by atoms with Crippen molar-refractivity contribution in [1.82, 2.24) is 19.9 Å². The number of rotatable bonds is 4. The van der Waals surface area contributed by atoms with E-state index in [4.69, 9.17) is 23.7 Å². The molecule has 0 unspecified atom stereocenters. The maximum atomic E-state index is 13.1. The molecule has 10 heteroatoms. The van der Waals surface area contributed by atoms with E-state index in [1.807, 2.05) is 41.3 Å². The molecule has 8 rings (SSSR count). The highest BCUT2D eigenvalue weighted by molar-refractivity contribution is 5.88. The first-order chi connectivity index (χ1) is 19.6. The number of fused-ring (bicyclic) bond motifs is 3. The van der Waals surface area contributed by atoms with Crippen LogP contribution >= 0.6 is 0 Å². The van der Waals surface area contributed by atoms with Crippen LogP contribution in [0.2, 0.25) is 0 Å². The second-order valence-corrected chi connectivity index (χ2v) is 11.1. The van der Waals surface area contributed by atoms with E-state index in [1.54, 1.807) is 0 Å². The van der Waals surface area contributed by atoms with Crippen LogP contribution in [0.3, 0.4) is 0 Å². The van der Waals surface area contributed by atoms with Crippen molar-refractivity contribution in [2.45, 2.75) is 38.3 Å². The zero-order valence-corrected chi connectivity index (χ0v) is 21.8. The molecule has 0 radical (unpaired) electrons. The van der Waals surface area contributed by atoms with E-state index < -0.39 is 0 Å². The summed E-state index contributed by atoms with van der Waals surface area (Å²) in [5.41, 5.74) is 5.67. The highest BCUT2D eigenvalue weighted by atomic mass is 16.7. The maximum absolute atomic E-state index is 13.1. The van der Waals surface area contributed by atoms with Crippen LogP contribution in [0.25, 0.3) is 11.0 Å². The van der Waals surface area contributed by atoms with E-state index in [9.17, 15) is 4.79 Å². The molecule has 2 fully saturated rings. The molecular weight excluding hydrogens is 512 g/mol. The summed E-state index contributed by atoms with van der Waals surface area (Å²) in [5.74, 6) is 1.70. The molecule has 1 aromatic heterocycles. The molecule has 4 aliphatic rings. The predicted molar refractivity (Wildman–Crippen MR) is 142 cm³/mol.